The van der Waals surface area contributed by atoms with E-state index in [1.54, 1.807) is 14.0 Å². The van der Waals surface area contributed by atoms with E-state index < -0.39 is 9.84 Å². The minimum atomic E-state index is -2.72. The van der Waals surface area contributed by atoms with Crippen molar-refractivity contribution in [1.82, 2.24) is 0 Å². The third kappa shape index (κ3) is 70.3. The van der Waals surface area contributed by atoms with Crippen molar-refractivity contribution in [2.45, 2.75) is 143 Å². The highest BCUT2D eigenvalue weighted by molar-refractivity contribution is 7.90. The normalized spacial score (nSPS) is 10.1. The second kappa shape index (κ2) is 38.7. The minimum absolute atomic E-state index is 0. The Labute approximate surface area is 281 Å². The topological polar surface area (TPSA) is 121 Å². The molecule has 0 N–H and O–H groups in total. The van der Waals surface area contributed by atoms with Crippen molar-refractivity contribution >= 4 is 33.0 Å². The second-order valence-electron chi connectivity index (χ2n) is 12.7. The maximum atomic E-state index is 10.9. The Morgan fingerprint density at radius 1 is 0.622 bits per heavy atom. The first kappa shape index (κ1) is 59.0. The van der Waals surface area contributed by atoms with Crippen LogP contribution in [0.1, 0.15) is 143 Å². The summed E-state index contributed by atoms with van der Waals surface area (Å²) in [6.45, 7) is 24.3. The number of methoxy groups -OCH3 is 2. The largest absolute Gasteiger partial charge is 0.377 e. The molecule has 0 atom stereocenters. The Bertz CT molecular complexity index is 783. The smallest absolute Gasteiger partial charge is 0.160 e. The molecule has 0 bridgehead atoms. The standard InChI is InChI=1S/C9H18O2.C7H14O.C6H14O2S.C6H12O2.C6H12O.2CH4/c1-8(2)5-4-6-9(10)7-11-3;1-6(2)4-5-7(3)8;1-6(2)4-5-9(3,7)8;1-5(2)6(7)4-8-3;1-4-6(7)5(2)3;;/h8H,4-7H2,1-3H3;6H,4-5H2,1-3H3;6H,4-5H2,1-3H3;5H,4H2,1-3H3;5H,4H2,1-3H3;2*1H4. The van der Waals surface area contributed by atoms with E-state index in [0.29, 0.717) is 47.9 Å². The Kier molecular flexibility index (Phi) is 50.8. The Hall–Kier alpha value is -1.45. The van der Waals surface area contributed by atoms with Crippen molar-refractivity contribution in [3.63, 3.8) is 0 Å². The van der Waals surface area contributed by atoms with Crippen molar-refractivity contribution in [2.24, 2.45) is 29.6 Å². The summed E-state index contributed by atoms with van der Waals surface area (Å²) in [5, 5.41) is 0. The van der Waals surface area contributed by atoms with E-state index in [1.165, 1.54) is 13.4 Å². The fraction of sp³-hybridized carbons (Fsp3) is 0.889. The number of Topliss-reactive ketones (excluding diaryl/α,β-unsaturated/α-hetero) is 4. The van der Waals surface area contributed by atoms with Gasteiger partial charge in [0.2, 0.25) is 0 Å². The van der Waals surface area contributed by atoms with Crippen LogP contribution in [0.25, 0.3) is 0 Å². The van der Waals surface area contributed by atoms with Crippen LogP contribution < -0.4 is 0 Å². The first-order valence-corrected chi connectivity index (χ1v) is 17.9. The van der Waals surface area contributed by atoms with Gasteiger partial charge in [-0.15, -0.1) is 0 Å². The molecule has 0 unspecified atom stereocenters. The van der Waals surface area contributed by atoms with Crippen molar-refractivity contribution in [1.29, 1.82) is 0 Å². The quantitative estimate of drug-likeness (QED) is 0.150. The molecule has 0 saturated heterocycles. The van der Waals surface area contributed by atoms with Gasteiger partial charge in [-0.05, 0) is 43.9 Å². The Balaban J connectivity index is -0.0000000800. The summed E-state index contributed by atoms with van der Waals surface area (Å²) in [5.41, 5.74) is 0. The van der Waals surface area contributed by atoms with Crippen LogP contribution >= 0.6 is 0 Å². The zero-order chi connectivity index (χ0) is 35.2. The maximum absolute atomic E-state index is 10.9. The van der Waals surface area contributed by atoms with E-state index in [0.717, 1.165) is 32.1 Å². The molecular formula is C36H78O8S. The molecule has 0 rings (SSSR count). The highest BCUT2D eigenvalue weighted by atomic mass is 32.2. The van der Waals surface area contributed by atoms with Gasteiger partial charge in [-0.3, -0.25) is 14.4 Å². The van der Waals surface area contributed by atoms with E-state index >= 15 is 0 Å². The number of ketones is 4. The van der Waals surface area contributed by atoms with E-state index in [4.69, 9.17) is 4.74 Å². The Morgan fingerprint density at radius 2 is 1.02 bits per heavy atom. The average molecular weight is 671 g/mol. The molecule has 8 nitrogen and oxygen atoms in total. The second-order valence-corrected chi connectivity index (χ2v) is 15.0. The summed E-state index contributed by atoms with van der Waals surface area (Å²) in [6, 6.07) is 0. The predicted molar refractivity (Wildman–Crippen MR) is 195 cm³/mol. The van der Waals surface area contributed by atoms with Gasteiger partial charge in [-0.2, -0.15) is 0 Å². The van der Waals surface area contributed by atoms with Gasteiger partial charge in [0.1, 0.15) is 34.6 Å². The fourth-order valence-electron chi connectivity index (χ4n) is 2.60. The molecule has 0 aliphatic carbocycles. The van der Waals surface area contributed by atoms with Crippen molar-refractivity contribution in [2.75, 3.05) is 39.4 Å². The number of hydrogen-bond donors (Lipinski definition) is 0. The number of rotatable bonds is 17. The minimum Gasteiger partial charge on any atom is -0.377 e. The van der Waals surface area contributed by atoms with Crippen LogP contribution in [0.3, 0.4) is 0 Å². The summed E-state index contributed by atoms with van der Waals surface area (Å²) in [6.07, 6.45) is 7.32. The molecule has 0 fully saturated rings. The van der Waals surface area contributed by atoms with E-state index in [1.807, 2.05) is 48.5 Å². The third-order valence-corrected chi connectivity index (χ3v) is 6.58. The zero-order valence-electron chi connectivity index (χ0n) is 30.6. The molecule has 45 heavy (non-hydrogen) atoms. The summed E-state index contributed by atoms with van der Waals surface area (Å²) in [5.74, 6) is 3.54. The molecule has 0 radical (unpaired) electrons. The number of carbonyl (C=O) groups is 4. The van der Waals surface area contributed by atoms with Crippen LogP contribution in [0.2, 0.25) is 0 Å². The Morgan fingerprint density at radius 3 is 1.20 bits per heavy atom. The average Bonchev–Trinajstić information content (AvgIpc) is 2.87. The summed E-state index contributed by atoms with van der Waals surface area (Å²) in [7, 11) is 0.365. The molecule has 0 aromatic rings. The molecule has 0 aromatic heterocycles. The van der Waals surface area contributed by atoms with Crippen molar-refractivity contribution in [3.05, 3.63) is 0 Å². The zero-order valence-corrected chi connectivity index (χ0v) is 31.4. The van der Waals surface area contributed by atoms with E-state index in [9.17, 15) is 27.6 Å². The molecule has 276 valence electrons. The maximum Gasteiger partial charge on any atom is 0.160 e. The van der Waals surface area contributed by atoms with Crippen molar-refractivity contribution in [3.8, 4) is 0 Å². The van der Waals surface area contributed by atoms with Gasteiger partial charge in [-0.25, -0.2) is 8.42 Å². The van der Waals surface area contributed by atoms with Crippen LogP contribution in [-0.2, 0) is 38.5 Å². The molecule has 0 heterocycles. The van der Waals surface area contributed by atoms with Gasteiger partial charge in [0.15, 0.2) is 11.6 Å². The molecule has 0 aliphatic heterocycles. The highest BCUT2D eigenvalue weighted by Crippen LogP contribution is 2.06. The summed E-state index contributed by atoms with van der Waals surface area (Å²) >= 11 is 0. The SMILES string of the molecule is C.C.CC(=O)CCC(C)C.CC(C)CCS(C)(=O)=O.CCC(=O)C(C)C.COCC(=O)C(C)C.COCC(=O)CCCC(C)C. The number of hydrogen-bond acceptors (Lipinski definition) is 8. The van der Waals surface area contributed by atoms with Gasteiger partial charge < -0.3 is 14.3 Å². The highest BCUT2D eigenvalue weighted by Gasteiger charge is 2.05. The molecule has 0 saturated carbocycles. The monoisotopic (exact) mass is 671 g/mol. The van der Waals surface area contributed by atoms with Crippen LogP contribution in [0.4, 0.5) is 0 Å². The lowest BCUT2D eigenvalue weighted by Gasteiger charge is -2.02. The third-order valence-electron chi connectivity index (χ3n) is 5.61. The van der Waals surface area contributed by atoms with Crippen molar-refractivity contribution < 1.29 is 37.1 Å². The van der Waals surface area contributed by atoms with Gasteiger partial charge in [-0.1, -0.05) is 97.4 Å². The molecule has 0 aliphatic rings. The van der Waals surface area contributed by atoms with Gasteiger partial charge in [0.05, 0.1) is 5.75 Å². The molecule has 0 amide bonds. The van der Waals surface area contributed by atoms with Gasteiger partial charge >= 0.3 is 0 Å². The van der Waals surface area contributed by atoms with E-state index in [-0.39, 0.29) is 51.5 Å². The summed E-state index contributed by atoms with van der Waals surface area (Å²) < 4.78 is 30.4. The summed E-state index contributed by atoms with van der Waals surface area (Å²) in [4.78, 5) is 42.4. The lowest BCUT2D eigenvalue weighted by Crippen LogP contribution is -2.12. The predicted octanol–water partition coefficient (Wildman–Crippen LogP) is 8.87. The number of carbonyl (C=O) groups excluding carboxylic acids is 4. The molecule has 0 spiro atoms. The molecular weight excluding hydrogens is 592 g/mol. The lowest BCUT2D eigenvalue weighted by atomic mass is 10.1. The van der Waals surface area contributed by atoms with Gasteiger partial charge in [0.25, 0.3) is 0 Å². The number of ether oxygens (including phenoxy) is 2. The van der Waals surface area contributed by atoms with Crippen LogP contribution in [0.5, 0.6) is 0 Å². The number of sulfone groups is 1. The van der Waals surface area contributed by atoms with Crippen LogP contribution in [0, 0.1) is 29.6 Å². The first-order chi connectivity index (χ1) is 19.6. The van der Waals surface area contributed by atoms with Crippen LogP contribution in [0.15, 0.2) is 0 Å². The van der Waals surface area contributed by atoms with Crippen LogP contribution in [-0.4, -0.2) is 71.0 Å². The van der Waals surface area contributed by atoms with E-state index in [2.05, 4.69) is 32.4 Å². The fourth-order valence-corrected chi connectivity index (χ4v) is 3.50. The first-order valence-electron chi connectivity index (χ1n) is 15.8. The molecule has 0 aromatic carbocycles. The lowest BCUT2D eigenvalue weighted by molar-refractivity contribution is -0.125. The van der Waals surface area contributed by atoms with Gasteiger partial charge in [0, 0.05) is 51.6 Å². The molecule has 9 heteroatoms.